The molecular weight excluding hydrogens is 390 g/mol. The number of nitrogens with zero attached hydrogens (tertiary/aromatic N) is 2. The van der Waals surface area contributed by atoms with Gasteiger partial charge in [0.15, 0.2) is 0 Å². The highest BCUT2D eigenvalue weighted by atomic mass is 79.9. The summed E-state index contributed by atoms with van der Waals surface area (Å²) in [6, 6.07) is 8.42. The third-order valence-corrected chi connectivity index (χ3v) is 3.66. The minimum absolute atomic E-state index is 0.0311. The van der Waals surface area contributed by atoms with E-state index in [-0.39, 0.29) is 17.0 Å². The number of hydrogen-bond acceptors (Lipinski definition) is 5. The standard InChI is InChI=1S/C14H9BrClN3O4/c15-11-3-1-8(5-12(11)19(22)23)7-17-18-14(21)10-6-9(16)2-4-13(10)20/h1-7,20H,(H,18,21)/b17-7-. The van der Waals surface area contributed by atoms with E-state index in [0.29, 0.717) is 15.1 Å². The molecule has 0 radical (unpaired) electrons. The van der Waals surface area contributed by atoms with Crippen molar-refractivity contribution in [3.8, 4) is 5.75 Å². The maximum Gasteiger partial charge on any atom is 0.284 e. The number of benzene rings is 2. The van der Waals surface area contributed by atoms with Gasteiger partial charge in [-0.25, -0.2) is 5.43 Å². The Kier molecular flexibility index (Phi) is 5.30. The molecule has 0 aliphatic carbocycles. The molecule has 0 bridgehead atoms. The van der Waals surface area contributed by atoms with Gasteiger partial charge in [0, 0.05) is 16.7 Å². The van der Waals surface area contributed by atoms with Crippen molar-refractivity contribution in [2.75, 3.05) is 0 Å². The van der Waals surface area contributed by atoms with Gasteiger partial charge in [-0.2, -0.15) is 5.10 Å². The Morgan fingerprint density at radius 1 is 1.35 bits per heavy atom. The Hall–Kier alpha value is -2.45. The Balaban J connectivity index is 2.13. The van der Waals surface area contributed by atoms with Gasteiger partial charge in [-0.05, 0) is 40.2 Å². The first-order valence-corrected chi connectivity index (χ1v) is 7.31. The molecule has 0 aliphatic heterocycles. The number of hydrazone groups is 1. The number of nitro groups is 1. The molecule has 0 fully saturated rings. The van der Waals surface area contributed by atoms with Gasteiger partial charge < -0.3 is 5.11 Å². The first kappa shape index (κ1) is 16.9. The zero-order valence-corrected chi connectivity index (χ0v) is 13.7. The van der Waals surface area contributed by atoms with Crippen molar-refractivity contribution in [1.29, 1.82) is 0 Å². The van der Waals surface area contributed by atoms with E-state index in [2.05, 4.69) is 26.5 Å². The number of aromatic hydroxyl groups is 1. The third-order valence-electron chi connectivity index (χ3n) is 2.75. The summed E-state index contributed by atoms with van der Waals surface area (Å²) in [6.45, 7) is 0. The average Bonchev–Trinajstić information content (AvgIpc) is 2.51. The van der Waals surface area contributed by atoms with Gasteiger partial charge in [-0.1, -0.05) is 17.7 Å². The predicted molar refractivity (Wildman–Crippen MR) is 89.0 cm³/mol. The highest BCUT2D eigenvalue weighted by Gasteiger charge is 2.12. The monoisotopic (exact) mass is 397 g/mol. The van der Waals surface area contributed by atoms with Crippen molar-refractivity contribution in [2.45, 2.75) is 0 Å². The maximum atomic E-state index is 11.9. The zero-order chi connectivity index (χ0) is 17.0. The largest absolute Gasteiger partial charge is 0.507 e. The molecule has 0 saturated heterocycles. The van der Waals surface area contributed by atoms with Gasteiger partial charge in [0.1, 0.15) is 5.75 Å². The second-order valence-corrected chi connectivity index (χ2v) is 5.62. The number of carbonyl (C=O) groups excluding carboxylic acids is 1. The smallest absolute Gasteiger partial charge is 0.284 e. The van der Waals surface area contributed by atoms with Crippen LogP contribution in [0.4, 0.5) is 5.69 Å². The summed E-state index contributed by atoms with van der Waals surface area (Å²) in [5, 5.41) is 24.4. The minimum Gasteiger partial charge on any atom is -0.507 e. The summed E-state index contributed by atoms with van der Waals surface area (Å²) in [6.07, 6.45) is 1.25. The number of nitrogens with one attached hydrogen (secondary N) is 1. The van der Waals surface area contributed by atoms with E-state index >= 15 is 0 Å². The van der Waals surface area contributed by atoms with Gasteiger partial charge in [-0.15, -0.1) is 0 Å². The fourth-order valence-corrected chi connectivity index (χ4v) is 2.23. The Bertz CT molecular complexity index is 811. The summed E-state index contributed by atoms with van der Waals surface area (Å²) in [7, 11) is 0. The minimum atomic E-state index is -0.659. The van der Waals surface area contributed by atoms with Crippen LogP contribution < -0.4 is 5.43 Å². The van der Waals surface area contributed by atoms with Crippen molar-refractivity contribution in [3.63, 3.8) is 0 Å². The Morgan fingerprint density at radius 3 is 2.78 bits per heavy atom. The van der Waals surface area contributed by atoms with Crippen LogP contribution in [-0.4, -0.2) is 22.2 Å². The van der Waals surface area contributed by atoms with Crippen LogP contribution in [0.5, 0.6) is 5.75 Å². The van der Waals surface area contributed by atoms with Gasteiger partial charge >= 0.3 is 0 Å². The summed E-state index contributed by atoms with van der Waals surface area (Å²) in [4.78, 5) is 22.2. The van der Waals surface area contributed by atoms with Crippen molar-refractivity contribution in [3.05, 3.63) is 67.1 Å². The van der Waals surface area contributed by atoms with Crippen LogP contribution in [0.2, 0.25) is 5.02 Å². The number of halogens is 2. The van der Waals surface area contributed by atoms with E-state index in [9.17, 15) is 20.0 Å². The molecule has 2 rings (SSSR count). The molecule has 2 aromatic carbocycles. The summed E-state index contributed by atoms with van der Waals surface area (Å²) >= 11 is 8.83. The number of amides is 1. The molecule has 0 unspecified atom stereocenters. The first-order valence-electron chi connectivity index (χ1n) is 6.14. The van der Waals surface area contributed by atoms with E-state index < -0.39 is 10.8 Å². The first-order chi connectivity index (χ1) is 10.9. The van der Waals surface area contributed by atoms with Crippen LogP contribution in [-0.2, 0) is 0 Å². The number of carbonyl (C=O) groups is 1. The molecule has 2 aromatic rings. The molecule has 2 N–H and O–H groups in total. The quantitative estimate of drug-likeness (QED) is 0.467. The van der Waals surface area contributed by atoms with Crippen LogP contribution in [0.15, 0.2) is 46.0 Å². The van der Waals surface area contributed by atoms with Gasteiger partial charge in [0.25, 0.3) is 11.6 Å². The van der Waals surface area contributed by atoms with E-state index in [1.54, 1.807) is 6.07 Å². The number of phenolic OH excluding ortho intramolecular Hbond substituents is 1. The van der Waals surface area contributed by atoms with E-state index in [0.717, 1.165) is 0 Å². The van der Waals surface area contributed by atoms with Gasteiger partial charge in [-0.3, -0.25) is 14.9 Å². The second kappa shape index (κ2) is 7.21. The molecule has 1 amide bonds. The number of rotatable bonds is 4. The molecule has 23 heavy (non-hydrogen) atoms. The van der Waals surface area contributed by atoms with Crippen LogP contribution in [0.3, 0.4) is 0 Å². The van der Waals surface area contributed by atoms with Crippen LogP contribution in [0.25, 0.3) is 0 Å². The van der Waals surface area contributed by atoms with E-state index in [4.69, 9.17) is 11.6 Å². The number of hydrogen-bond donors (Lipinski definition) is 2. The Morgan fingerprint density at radius 2 is 2.09 bits per heavy atom. The molecule has 0 heterocycles. The molecule has 0 atom stereocenters. The molecule has 118 valence electrons. The molecular formula is C14H9BrClN3O4. The van der Waals surface area contributed by atoms with Gasteiger partial charge in [0.05, 0.1) is 21.2 Å². The lowest BCUT2D eigenvalue weighted by molar-refractivity contribution is -0.385. The highest BCUT2D eigenvalue weighted by Crippen LogP contribution is 2.25. The molecule has 9 heteroatoms. The zero-order valence-electron chi connectivity index (χ0n) is 11.4. The molecule has 0 saturated carbocycles. The van der Waals surface area contributed by atoms with Crippen LogP contribution in [0.1, 0.15) is 15.9 Å². The van der Waals surface area contributed by atoms with E-state index in [1.807, 2.05) is 0 Å². The van der Waals surface area contributed by atoms with Crippen molar-refractivity contribution in [2.24, 2.45) is 5.10 Å². The normalized spacial score (nSPS) is 10.7. The van der Waals surface area contributed by atoms with E-state index in [1.165, 1.54) is 36.5 Å². The van der Waals surface area contributed by atoms with Crippen molar-refractivity contribution >= 4 is 45.3 Å². The summed E-state index contributed by atoms with van der Waals surface area (Å²) in [5.41, 5.74) is 2.49. The summed E-state index contributed by atoms with van der Waals surface area (Å²) in [5.74, 6) is -0.894. The molecule has 0 aliphatic rings. The molecule has 0 aromatic heterocycles. The summed E-state index contributed by atoms with van der Waals surface area (Å²) < 4.78 is 0.340. The average molecular weight is 399 g/mol. The Labute approximate surface area is 143 Å². The van der Waals surface area contributed by atoms with Crippen LogP contribution >= 0.6 is 27.5 Å². The number of nitro benzene ring substituents is 1. The SMILES string of the molecule is O=C(N/N=C\c1ccc(Br)c([N+](=O)[O-])c1)c1cc(Cl)ccc1O. The number of phenols is 1. The highest BCUT2D eigenvalue weighted by molar-refractivity contribution is 9.10. The lowest BCUT2D eigenvalue weighted by Gasteiger charge is -2.03. The fraction of sp³-hybridized carbons (Fsp3) is 0. The lowest BCUT2D eigenvalue weighted by atomic mass is 10.2. The van der Waals surface area contributed by atoms with Crippen molar-refractivity contribution < 1.29 is 14.8 Å². The predicted octanol–water partition coefficient (Wildman–Crippen LogP) is 3.48. The van der Waals surface area contributed by atoms with Gasteiger partial charge in [0.2, 0.25) is 0 Å². The van der Waals surface area contributed by atoms with Crippen LogP contribution in [0, 0.1) is 10.1 Å². The lowest BCUT2D eigenvalue weighted by Crippen LogP contribution is -2.17. The fourth-order valence-electron chi connectivity index (χ4n) is 1.67. The topological polar surface area (TPSA) is 105 Å². The molecule has 0 spiro atoms. The molecule has 7 nitrogen and oxygen atoms in total. The van der Waals surface area contributed by atoms with Crippen molar-refractivity contribution in [1.82, 2.24) is 5.43 Å². The second-order valence-electron chi connectivity index (χ2n) is 4.33. The maximum absolute atomic E-state index is 11.9. The third kappa shape index (κ3) is 4.27.